The van der Waals surface area contributed by atoms with Gasteiger partial charge in [-0.1, -0.05) is 72.8 Å². The third-order valence-electron chi connectivity index (χ3n) is 4.38. The molecule has 4 aromatic rings. The third-order valence-corrected chi connectivity index (χ3v) is 4.38. The molecule has 4 heteroatoms. The molecule has 0 aliphatic carbocycles. The average Bonchev–Trinajstić information content (AvgIpc) is 2.74. The monoisotopic (exact) mass is 370 g/mol. The van der Waals surface area contributed by atoms with Gasteiger partial charge in [0.2, 0.25) is 0 Å². The van der Waals surface area contributed by atoms with E-state index < -0.39 is 0 Å². The predicted molar refractivity (Wildman–Crippen MR) is 108 cm³/mol. The lowest BCUT2D eigenvalue weighted by Gasteiger charge is -2.14. The van der Waals surface area contributed by atoms with Crippen LogP contribution in [0.5, 0.6) is 23.0 Å². The fourth-order valence-corrected chi connectivity index (χ4v) is 3.02. The fraction of sp³-hybridized carbons (Fsp3) is 0. The molecule has 0 aliphatic heterocycles. The van der Waals surface area contributed by atoms with Gasteiger partial charge in [-0.3, -0.25) is 9.78 Å². The number of benzene rings is 4. The molecular formula is C24H18O4. The SMILES string of the molecule is Oc1ccccc1-c1ccccc1OOc1ccccc1-c1ccccc1O. The Morgan fingerprint density at radius 1 is 0.393 bits per heavy atom. The van der Waals surface area contributed by atoms with Crippen LogP contribution in [-0.2, 0) is 0 Å². The van der Waals surface area contributed by atoms with E-state index in [-0.39, 0.29) is 11.5 Å². The number of phenols is 2. The zero-order chi connectivity index (χ0) is 19.3. The largest absolute Gasteiger partial charge is 0.507 e. The second-order valence-corrected chi connectivity index (χ2v) is 6.19. The molecule has 4 nitrogen and oxygen atoms in total. The van der Waals surface area contributed by atoms with E-state index in [1.807, 2.05) is 60.7 Å². The van der Waals surface area contributed by atoms with Gasteiger partial charge in [0, 0.05) is 22.3 Å². The predicted octanol–water partition coefficient (Wildman–Crippen LogP) is 5.80. The molecule has 0 unspecified atom stereocenters. The number of phenolic OH excluding ortho intramolecular Hbond substituents is 2. The van der Waals surface area contributed by atoms with Crippen molar-refractivity contribution in [1.29, 1.82) is 0 Å². The van der Waals surface area contributed by atoms with Crippen molar-refractivity contribution in [3.63, 3.8) is 0 Å². The molecule has 0 saturated heterocycles. The van der Waals surface area contributed by atoms with Crippen LogP contribution in [0.3, 0.4) is 0 Å². The lowest BCUT2D eigenvalue weighted by atomic mass is 10.0. The summed E-state index contributed by atoms with van der Waals surface area (Å²) in [6, 6.07) is 28.7. The third kappa shape index (κ3) is 3.48. The Labute approximate surface area is 162 Å². The van der Waals surface area contributed by atoms with Crippen LogP contribution in [0.2, 0.25) is 0 Å². The molecule has 0 heterocycles. The molecule has 0 saturated carbocycles. The molecule has 0 fully saturated rings. The summed E-state index contributed by atoms with van der Waals surface area (Å²) in [7, 11) is 0. The average molecular weight is 370 g/mol. The van der Waals surface area contributed by atoms with Gasteiger partial charge in [-0.15, -0.1) is 0 Å². The molecule has 4 rings (SSSR count). The van der Waals surface area contributed by atoms with Gasteiger partial charge in [-0.2, -0.15) is 0 Å². The van der Waals surface area contributed by atoms with E-state index in [0.717, 1.165) is 0 Å². The molecule has 0 spiro atoms. The van der Waals surface area contributed by atoms with Crippen molar-refractivity contribution < 1.29 is 20.0 Å². The first-order chi connectivity index (χ1) is 13.7. The van der Waals surface area contributed by atoms with Crippen molar-refractivity contribution in [3.05, 3.63) is 97.1 Å². The molecular weight excluding hydrogens is 352 g/mol. The minimum Gasteiger partial charge on any atom is -0.507 e. The van der Waals surface area contributed by atoms with Crippen molar-refractivity contribution in [2.75, 3.05) is 0 Å². The maximum Gasteiger partial charge on any atom is 0.186 e. The number of hydrogen-bond acceptors (Lipinski definition) is 4. The Kier molecular flexibility index (Phi) is 4.85. The second-order valence-electron chi connectivity index (χ2n) is 6.19. The molecule has 0 atom stereocenters. The van der Waals surface area contributed by atoms with Crippen LogP contribution in [0.4, 0.5) is 0 Å². The Morgan fingerprint density at radius 2 is 0.714 bits per heavy atom. The van der Waals surface area contributed by atoms with Gasteiger partial charge < -0.3 is 10.2 Å². The van der Waals surface area contributed by atoms with Crippen molar-refractivity contribution in [1.82, 2.24) is 0 Å². The van der Waals surface area contributed by atoms with Crippen LogP contribution in [0, 0.1) is 0 Å². The van der Waals surface area contributed by atoms with Crippen LogP contribution >= 0.6 is 0 Å². The summed E-state index contributed by atoms with van der Waals surface area (Å²) < 4.78 is 0. The Balaban J connectivity index is 1.66. The molecule has 28 heavy (non-hydrogen) atoms. The minimum atomic E-state index is 0.160. The molecule has 0 aromatic heterocycles. The van der Waals surface area contributed by atoms with Gasteiger partial charge in [0.1, 0.15) is 11.5 Å². The first-order valence-corrected chi connectivity index (χ1v) is 8.83. The Bertz CT molecular complexity index is 1020. The lowest BCUT2D eigenvalue weighted by molar-refractivity contribution is -0.0987. The topological polar surface area (TPSA) is 58.9 Å². The Hall–Kier alpha value is -3.92. The van der Waals surface area contributed by atoms with E-state index in [4.69, 9.17) is 9.78 Å². The summed E-state index contributed by atoms with van der Waals surface area (Å²) in [5, 5.41) is 20.3. The molecule has 4 aromatic carbocycles. The summed E-state index contributed by atoms with van der Waals surface area (Å²) in [6.45, 7) is 0. The van der Waals surface area contributed by atoms with Gasteiger partial charge in [0.25, 0.3) is 0 Å². The van der Waals surface area contributed by atoms with Crippen molar-refractivity contribution in [3.8, 4) is 45.3 Å². The van der Waals surface area contributed by atoms with Crippen molar-refractivity contribution in [2.24, 2.45) is 0 Å². The normalized spacial score (nSPS) is 10.4. The van der Waals surface area contributed by atoms with Gasteiger partial charge >= 0.3 is 0 Å². The van der Waals surface area contributed by atoms with Crippen LogP contribution in [0.1, 0.15) is 0 Å². The highest BCUT2D eigenvalue weighted by molar-refractivity contribution is 5.76. The zero-order valence-corrected chi connectivity index (χ0v) is 14.9. The van der Waals surface area contributed by atoms with Crippen molar-refractivity contribution >= 4 is 0 Å². The quantitative estimate of drug-likeness (QED) is 0.344. The zero-order valence-electron chi connectivity index (χ0n) is 14.9. The summed E-state index contributed by atoms with van der Waals surface area (Å²) in [5.41, 5.74) is 2.72. The smallest absolute Gasteiger partial charge is 0.186 e. The highest BCUT2D eigenvalue weighted by Gasteiger charge is 2.14. The van der Waals surface area contributed by atoms with Gasteiger partial charge in [0.15, 0.2) is 11.5 Å². The van der Waals surface area contributed by atoms with Gasteiger partial charge in [-0.25, -0.2) is 0 Å². The van der Waals surface area contributed by atoms with E-state index in [2.05, 4.69) is 0 Å². The summed E-state index contributed by atoms with van der Waals surface area (Å²) in [5.74, 6) is 1.26. The highest BCUT2D eigenvalue weighted by Crippen LogP contribution is 2.38. The van der Waals surface area contributed by atoms with Gasteiger partial charge in [-0.05, 0) is 24.3 Å². The second kappa shape index (κ2) is 7.76. The standard InChI is InChI=1S/C24H18O4/c25-21-13-5-1-9-17(21)19-11-3-7-15-23(19)27-28-24-16-8-4-12-20(24)18-10-2-6-14-22(18)26/h1-16,25-26H. The van der Waals surface area contributed by atoms with Gasteiger partial charge in [0.05, 0.1) is 0 Å². The van der Waals surface area contributed by atoms with Crippen LogP contribution in [-0.4, -0.2) is 10.2 Å². The van der Waals surface area contributed by atoms with Crippen LogP contribution < -0.4 is 9.78 Å². The molecule has 0 aliphatic rings. The summed E-state index contributed by atoms with van der Waals surface area (Å²) in [4.78, 5) is 11.3. The van der Waals surface area contributed by atoms with Crippen LogP contribution in [0.25, 0.3) is 22.3 Å². The lowest BCUT2D eigenvalue weighted by Crippen LogP contribution is -2.03. The van der Waals surface area contributed by atoms with E-state index >= 15 is 0 Å². The fourth-order valence-electron chi connectivity index (χ4n) is 3.02. The maximum absolute atomic E-state index is 10.2. The summed E-state index contributed by atoms with van der Waals surface area (Å²) >= 11 is 0. The molecule has 2 N–H and O–H groups in total. The molecule has 0 radical (unpaired) electrons. The summed E-state index contributed by atoms with van der Waals surface area (Å²) in [6.07, 6.45) is 0. The van der Waals surface area contributed by atoms with E-state index in [9.17, 15) is 10.2 Å². The first-order valence-electron chi connectivity index (χ1n) is 8.83. The molecule has 138 valence electrons. The number of aromatic hydroxyl groups is 2. The Morgan fingerprint density at radius 3 is 1.11 bits per heavy atom. The molecule has 0 amide bonds. The van der Waals surface area contributed by atoms with Crippen molar-refractivity contribution in [2.45, 2.75) is 0 Å². The minimum absolute atomic E-state index is 0.160. The van der Waals surface area contributed by atoms with E-state index in [1.54, 1.807) is 36.4 Å². The highest BCUT2D eigenvalue weighted by atomic mass is 17.2. The van der Waals surface area contributed by atoms with E-state index in [0.29, 0.717) is 33.8 Å². The van der Waals surface area contributed by atoms with E-state index in [1.165, 1.54) is 0 Å². The van der Waals surface area contributed by atoms with Crippen LogP contribution in [0.15, 0.2) is 97.1 Å². The molecule has 0 bridgehead atoms. The number of para-hydroxylation sites is 4. The maximum atomic E-state index is 10.2. The number of rotatable bonds is 5. The number of hydrogen-bond donors (Lipinski definition) is 2. The first kappa shape index (κ1) is 17.5.